The van der Waals surface area contributed by atoms with Gasteiger partial charge in [0.05, 0.1) is 0 Å². The Hall–Kier alpha value is -1.16. The molecule has 0 amide bonds. The minimum atomic E-state index is 0.504. The quantitative estimate of drug-likeness (QED) is 0.861. The molecular formula is C13H22N4. The lowest BCUT2D eigenvalue weighted by molar-refractivity contribution is 0.326. The first kappa shape index (κ1) is 12.3. The van der Waals surface area contributed by atoms with Crippen molar-refractivity contribution in [3.05, 3.63) is 17.6 Å². The number of hydrogen-bond acceptors (Lipinski definition) is 4. The molecular weight excluding hydrogens is 212 g/mol. The fourth-order valence-corrected chi connectivity index (χ4v) is 2.10. The highest BCUT2D eigenvalue weighted by atomic mass is 15.1. The molecule has 1 aromatic rings. The minimum Gasteiger partial charge on any atom is -0.368 e. The van der Waals surface area contributed by atoms with E-state index in [1.807, 2.05) is 0 Å². The van der Waals surface area contributed by atoms with Crippen molar-refractivity contribution in [2.45, 2.75) is 38.6 Å². The number of rotatable bonds is 4. The number of likely N-dealkylation sites (N-methyl/N-ethyl adjacent to an activating group) is 1. The molecule has 0 bridgehead atoms. The first-order valence-electron chi connectivity index (χ1n) is 6.41. The van der Waals surface area contributed by atoms with Gasteiger partial charge in [-0.25, -0.2) is 9.97 Å². The summed E-state index contributed by atoms with van der Waals surface area (Å²) in [5.41, 5.74) is 2.58. The molecule has 2 rings (SSSR count). The van der Waals surface area contributed by atoms with E-state index >= 15 is 0 Å². The molecule has 1 N–H and O–H groups in total. The summed E-state index contributed by atoms with van der Waals surface area (Å²) in [6.07, 6.45) is 6.44. The van der Waals surface area contributed by atoms with Crippen LogP contribution in [-0.2, 0) is 12.8 Å². The third-order valence-corrected chi connectivity index (χ3v) is 3.57. The van der Waals surface area contributed by atoms with Gasteiger partial charge in [-0.1, -0.05) is 0 Å². The molecule has 1 aliphatic carbocycles. The monoisotopic (exact) mass is 234 g/mol. The zero-order valence-corrected chi connectivity index (χ0v) is 11.0. The first-order valence-corrected chi connectivity index (χ1v) is 6.41. The molecule has 0 aromatic carbocycles. The molecule has 17 heavy (non-hydrogen) atoms. The molecule has 1 aliphatic rings. The molecule has 0 aliphatic heterocycles. The fraction of sp³-hybridized carbons (Fsp3) is 0.692. The lowest BCUT2D eigenvalue weighted by Gasteiger charge is -2.22. The molecule has 0 spiro atoms. The molecule has 94 valence electrons. The molecule has 4 heteroatoms. The molecule has 1 unspecified atom stereocenters. The van der Waals surface area contributed by atoms with E-state index < -0.39 is 0 Å². The Morgan fingerprint density at radius 3 is 2.82 bits per heavy atom. The molecule has 1 atom stereocenters. The van der Waals surface area contributed by atoms with Gasteiger partial charge in [0.1, 0.15) is 12.1 Å². The molecule has 4 nitrogen and oxygen atoms in total. The highest BCUT2D eigenvalue weighted by Gasteiger charge is 2.15. The van der Waals surface area contributed by atoms with Crippen molar-refractivity contribution in [2.24, 2.45) is 0 Å². The number of anilines is 1. The smallest absolute Gasteiger partial charge is 0.132 e. The van der Waals surface area contributed by atoms with Crippen LogP contribution in [0.3, 0.4) is 0 Å². The van der Waals surface area contributed by atoms with Crippen molar-refractivity contribution in [2.75, 3.05) is 26.0 Å². The van der Waals surface area contributed by atoms with Crippen LogP contribution in [0.1, 0.15) is 31.0 Å². The lowest BCUT2D eigenvalue weighted by Crippen LogP contribution is -2.32. The van der Waals surface area contributed by atoms with Crippen LogP contribution in [0.15, 0.2) is 6.33 Å². The fourth-order valence-electron chi connectivity index (χ4n) is 2.10. The van der Waals surface area contributed by atoms with Gasteiger partial charge in [0.2, 0.25) is 0 Å². The summed E-state index contributed by atoms with van der Waals surface area (Å²) in [4.78, 5) is 11.0. The summed E-state index contributed by atoms with van der Waals surface area (Å²) >= 11 is 0. The van der Waals surface area contributed by atoms with E-state index in [0.29, 0.717) is 6.04 Å². The van der Waals surface area contributed by atoms with Gasteiger partial charge in [-0.2, -0.15) is 0 Å². The molecule has 1 heterocycles. The highest BCUT2D eigenvalue weighted by molar-refractivity contribution is 5.47. The minimum absolute atomic E-state index is 0.504. The maximum absolute atomic E-state index is 4.38. The van der Waals surface area contributed by atoms with Crippen molar-refractivity contribution in [1.29, 1.82) is 0 Å². The van der Waals surface area contributed by atoms with Crippen molar-refractivity contribution < 1.29 is 0 Å². The van der Waals surface area contributed by atoms with E-state index in [9.17, 15) is 0 Å². The Kier molecular flexibility index (Phi) is 3.94. The zero-order chi connectivity index (χ0) is 12.3. The predicted molar refractivity (Wildman–Crippen MR) is 70.3 cm³/mol. The number of nitrogens with zero attached hydrogens (tertiary/aromatic N) is 3. The Balaban J connectivity index is 2.06. The lowest BCUT2D eigenvalue weighted by atomic mass is 9.96. The second-order valence-electron chi connectivity index (χ2n) is 5.05. The molecule has 0 saturated carbocycles. The number of nitrogens with one attached hydrogen (secondary N) is 1. The standard InChI is InChI=1S/C13H22N4/c1-10(17(2)3)8-14-13-11-6-4-5-7-12(11)15-9-16-13/h9-10H,4-8H2,1-3H3,(H,14,15,16). The average molecular weight is 234 g/mol. The topological polar surface area (TPSA) is 41.1 Å². The van der Waals surface area contributed by atoms with Crippen LogP contribution in [0.25, 0.3) is 0 Å². The largest absolute Gasteiger partial charge is 0.368 e. The summed E-state index contributed by atoms with van der Waals surface area (Å²) in [6, 6.07) is 0.504. The van der Waals surface area contributed by atoms with Crippen molar-refractivity contribution in [1.82, 2.24) is 14.9 Å². The van der Waals surface area contributed by atoms with Gasteiger partial charge in [0, 0.05) is 23.8 Å². The Bertz CT molecular complexity index is 376. The van der Waals surface area contributed by atoms with Gasteiger partial charge in [0.25, 0.3) is 0 Å². The van der Waals surface area contributed by atoms with E-state index in [4.69, 9.17) is 0 Å². The van der Waals surface area contributed by atoms with E-state index in [1.54, 1.807) is 6.33 Å². The summed E-state index contributed by atoms with van der Waals surface area (Å²) in [6.45, 7) is 3.14. The van der Waals surface area contributed by atoms with Crippen molar-refractivity contribution >= 4 is 5.82 Å². The normalized spacial score (nSPS) is 16.7. The van der Waals surface area contributed by atoms with E-state index in [2.05, 4.69) is 41.2 Å². The summed E-state index contributed by atoms with van der Waals surface area (Å²) < 4.78 is 0. The van der Waals surface area contributed by atoms with Crippen LogP contribution in [0.4, 0.5) is 5.82 Å². The van der Waals surface area contributed by atoms with Gasteiger partial charge in [0.15, 0.2) is 0 Å². The van der Waals surface area contributed by atoms with E-state index in [-0.39, 0.29) is 0 Å². The maximum Gasteiger partial charge on any atom is 0.132 e. The molecule has 0 saturated heterocycles. The Labute approximate surface area is 103 Å². The number of aromatic nitrogens is 2. The molecule has 0 radical (unpaired) electrons. The summed E-state index contributed by atoms with van der Waals surface area (Å²) in [7, 11) is 4.20. The van der Waals surface area contributed by atoms with Crippen molar-refractivity contribution in [3.63, 3.8) is 0 Å². The predicted octanol–water partition coefficient (Wildman–Crippen LogP) is 1.72. The number of fused-ring (bicyclic) bond motifs is 1. The number of hydrogen-bond donors (Lipinski definition) is 1. The van der Waals surface area contributed by atoms with E-state index in [1.165, 1.54) is 24.1 Å². The second-order valence-corrected chi connectivity index (χ2v) is 5.05. The number of aryl methyl sites for hydroxylation is 1. The van der Waals surface area contributed by atoms with E-state index in [0.717, 1.165) is 25.2 Å². The highest BCUT2D eigenvalue weighted by Crippen LogP contribution is 2.24. The van der Waals surface area contributed by atoms with Crippen LogP contribution in [0, 0.1) is 0 Å². The van der Waals surface area contributed by atoms with Gasteiger partial charge in [-0.15, -0.1) is 0 Å². The van der Waals surface area contributed by atoms with Gasteiger partial charge >= 0.3 is 0 Å². The van der Waals surface area contributed by atoms with Gasteiger partial charge < -0.3 is 10.2 Å². The van der Waals surface area contributed by atoms with Crippen LogP contribution in [0.5, 0.6) is 0 Å². The van der Waals surface area contributed by atoms with Gasteiger partial charge in [-0.05, 0) is 46.7 Å². The third kappa shape index (κ3) is 2.94. The SMILES string of the molecule is CC(CNc1ncnc2c1CCCC2)N(C)C. The average Bonchev–Trinajstić information content (AvgIpc) is 2.35. The Morgan fingerprint density at radius 2 is 2.06 bits per heavy atom. The third-order valence-electron chi connectivity index (χ3n) is 3.57. The summed E-state index contributed by atoms with van der Waals surface area (Å²) in [5, 5.41) is 3.46. The molecule has 0 fully saturated rings. The maximum atomic E-state index is 4.38. The van der Waals surface area contributed by atoms with Crippen LogP contribution in [0.2, 0.25) is 0 Å². The Morgan fingerprint density at radius 1 is 1.29 bits per heavy atom. The second kappa shape index (κ2) is 5.45. The van der Waals surface area contributed by atoms with Crippen LogP contribution < -0.4 is 5.32 Å². The van der Waals surface area contributed by atoms with Crippen molar-refractivity contribution in [3.8, 4) is 0 Å². The van der Waals surface area contributed by atoms with Crippen LogP contribution in [-0.4, -0.2) is 41.5 Å². The van der Waals surface area contributed by atoms with Crippen LogP contribution >= 0.6 is 0 Å². The molecule has 1 aromatic heterocycles. The van der Waals surface area contributed by atoms with Gasteiger partial charge in [-0.3, -0.25) is 0 Å². The first-order chi connectivity index (χ1) is 8.18. The zero-order valence-electron chi connectivity index (χ0n) is 11.0. The summed E-state index contributed by atoms with van der Waals surface area (Å²) in [5.74, 6) is 1.04.